The first-order valence-corrected chi connectivity index (χ1v) is 5.25. The molecule has 0 saturated carbocycles. The highest BCUT2D eigenvalue weighted by molar-refractivity contribution is 4.78. The van der Waals surface area contributed by atoms with Gasteiger partial charge >= 0.3 is 0 Å². The molecule has 1 heterocycles. The number of rotatable bonds is 0. The van der Waals surface area contributed by atoms with Crippen LogP contribution in [0.2, 0.25) is 0 Å². The van der Waals surface area contributed by atoms with Crippen LogP contribution in [0.5, 0.6) is 0 Å². The van der Waals surface area contributed by atoms with Crippen molar-refractivity contribution in [2.24, 2.45) is 5.92 Å². The van der Waals surface area contributed by atoms with Gasteiger partial charge in [-0.3, -0.25) is 4.90 Å². The van der Waals surface area contributed by atoms with E-state index < -0.39 is 0 Å². The third-order valence-corrected chi connectivity index (χ3v) is 2.97. The summed E-state index contributed by atoms with van der Waals surface area (Å²) in [6, 6.07) is 0. The van der Waals surface area contributed by atoms with Crippen molar-refractivity contribution in [2.75, 3.05) is 13.1 Å². The number of hydrogen-bond acceptors (Lipinski definition) is 1. The Labute approximate surface area is 77.1 Å². The molecule has 0 bridgehead atoms. The SMILES string of the molecule is CC1CCCN(C(C)(C)C)CC1. The Morgan fingerprint density at radius 2 is 1.75 bits per heavy atom. The Morgan fingerprint density at radius 1 is 1.08 bits per heavy atom. The summed E-state index contributed by atoms with van der Waals surface area (Å²) in [4.78, 5) is 2.62. The van der Waals surface area contributed by atoms with Crippen molar-refractivity contribution >= 4 is 0 Å². The molecule has 0 aliphatic carbocycles. The topological polar surface area (TPSA) is 3.24 Å². The van der Waals surface area contributed by atoms with E-state index in [1.807, 2.05) is 0 Å². The number of hydrogen-bond donors (Lipinski definition) is 0. The van der Waals surface area contributed by atoms with E-state index in [1.165, 1.54) is 32.4 Å². The number of nitrogens with zero attached hydrogens (tertiary/aromatic N) is 1. The summed E-state index contributed by atoms with van der Waals surface area (Å²) in [5.74, 6) is 0.942. The molecule has 1 unspecified atom stereocenters. The molecule has 0 aromatic rings. The van der Waals surface area contributed by atoms with Crippen molar-refractivity contribution in [2.45, 2.75) is 52.5 Å². The molecule has 0 amide bonds. The second kappa shape index (κ2) is 3.78. The second-order valence-corrected chi connectivity index (χ2v) is 5.19. The molecule has 1 fully saturated rings. The average Bonchev–Trinajstić information content (AvgIpc) is 2.11. The van der Waals surface area contributed by atoms with E-state index in [9.17, 15) is 0 Å². The molecule has 1 nitrogen and oxygen atoms in total. The van der Waals surface area contributed by atoms with Crippen molar-refractivity contribution < 1.29 is 0 Å². The maximum absolute atomic E-state index is 2.62. The molecule has 0 spiro atoms. The van der Waals surface area contributed by atoms with E-state index in [4.69, 9.17) is 0 Å². The van der Waals surface area contributed by atoms with Crippen LogP contribution >= 0.6 is 0 Å². The Kier molecular flexibility index (Phi) is 3.16. The molecule has 72 valence electrons. The monoisotopic (exact) mass is 169 g/mol. The molecule has 12 heavy (non-hydrogen) atoms. The summed E-state index contributed by atoms with van der Waals surface area (Å²) in [6.45, 7) is 11.9. The maximum Gasteiger partial charge on any atom is 0.0125 e. The lowest BCUT2D eigenvalue weighted by Crippen LogP contribution is -2.41. The molecule has 1 rings (SSSR count). The van der Waals surface area contributed by atoms with Crippen LogP contribution in [0.3, 0.4) is 0 Å². The van der Waals surface area contributed by atoms with Crippen LogP contribution in [-0.2, 0) is 0 Å². The number of likely N-dealkylation sites (tertiary alicyclic amines) is 1. The molecule has 1 aliphatic rings. The van der Waals surface area contributed by atoms with Gasteiger partial charge in [0.2, 0.25) is 0 Å². The molecule has 1 aliphatic heterocycles. The van der Waals surface area contributed by atoms with Crippen molar-refractivity contribution in [3.05, 3.63) is 0 Å². The first kappa shape index (κ1) is 10.0. The van der Waals surface area contributed by atoms with Crippen LogP contribution in [-0.4, -0.2) is 23.5 Å². The lowest BCUT2D eigenvalue weighted by Gasteiger charge is -2.34. The molecule has 1 heteroatoms. The van der Waals surface area contributed by atoms with Gasteiger partial charge in [0.1, 0.15) is 0 Å². The van der Waals surface area contributed by atoms with Crippen LogP contribution in [0.1, 0.15) is 47.0 Å². The average molecular weight is 169 g/mol. The van der Waals surface area contributed by atoms with Gasteiger partial charge in [-0.2, -0.15) is 0 Å². The standard InChI is InChI=1S/C11H23N/c1-10-6-5-8-12(9-7-10)11(2,3)4/h10H,5-9H2,1-4H3. The summed E-state index contributed by atoms with van der Waals surface area (Å²) in [6.07, 6.45) is 4.20. The van der Waals surface area contributed by atoms with Gasteiger partial charge in [0, 0.05) is 5.54 Å². The highest BCUT2D eigenvalue weighted by Crippen LogP contribution is 2.22. The van der Waals surface area contributed by atoms with E-state index in [-0.39, 0.29) is 0 Å². The molecule has 1 atom stereocenters. The van der Waals surface area contributed by atoms with Crippen LogP contribution in [0, 0.1) is 5.92 Å². The van der Waals surface area contributed by atoms with Gasteiger partial charge in [0.15, 0.2) is 0 Å². The fraction of sp³-hybridized carbons (Fsp3) is 1.00. The van der Waals surface area contributed by atoms with E-state index in [0.717, 1.165) is 5.92 Å². The lowest BCUT2D eigenvalue weighted by molar-refractivity contribution is 0.141. The van der Waals surface area contributed by atoms with Gasteiger partial charge < -0.3 is 0 Å². The molecule has 0 N–H and O–H groups in total. The third-order valence-electron chi connectivity index (χ3n) is 2.97. The quantitative estimate of drug-likeness (QED) is 0.539. The Bertz CT molecular complexity index is 134. The molecular formula is C11H23N. The lowest BCUT2D eigenvalue weighted by atomic mass is 10.0. The van der Waals surface area contributed by atoms with Gasteiger partial charge in [0.05, 0.1) is 0 Å². The molecule has 0 aromatic heterocycles. The minimum absolute atomic E-state index is 0.379. The summed E-state index contributed by atoms with van der Waals surface area (Å²) < 4.78 is 0. The Balaban J connectivity index is 2.46. The first-order valence-electron chi connectivity index (χ1n) is 5.25. The maximum atomic E-state index is 2.62. The molecule has 0 radical (unpaired) electrons. The largest absolute Gasteiger partial charge is 0.298 e. The molecular weight excluding hydrogens is 146 g/mol. The minimum atomic E-state index is 0.379. The van der Waals surface area contributed by atoms with Crippen LogP contribution in [0.4, 0.5) is 0 Å². The first-order chi connectivity index (χ1) is 5.50. The van der Waals surface area contributed by atoms with Gasteiger partial charge in [-0.25, -0.2) is 0 Å². The predicted octanol–water partition coefficient (Wildman–Crippen LogP) is 2.91. The van der Waals surface area contributed by atoms with E-state index in [2.05, 4.69) is 32.6 Å². The zero-order valence-electron chi connectivity index (χ0n) is 9.06. The van der Waals surface area contributed by atoms with Crippen molar-refractivity contribution in [3.8, 4) is 0 Å². The van der Waals surface area contributed by atoms with E-state index in [1.54, 1.807) is 0 Å². The smallest absolute Gasteiger partial charge is 0.0125 e. The Morgan fingerprint density at radius 3 is 2.33 bits per heavy atom. The zero-order valence-corrected chi connectivity index (χ0v) is 9.06. The van der Waals surface area contributed by atoms with Gasteiger partial charge in [-0.1, -0.05) is 6.92 Å². The van der Waals surface area contributed by atoms with Crippen molar-refractivity contribution in [1.82, 2.24) is 4.90 Å². The predicted molar refractivity (Wildman–Crippen MR) is 54.3 cm³/mol. The van der Waals surface area contributed by atoms with Crippen molar-refractivity contribution in [3.63, 3.8) is 0 Å². The minimum Gasteiger partial charge on any atom is -0.298 e. The van der Waals surface area contributed by atoms with Gasteiger partial charge in [0.25, 0.3) is 0 Å². The fourth-order valence-electron chi connectivity index (χ4n) is 1.93. The van der Waals surface area contributed by atoms with Crippen molar-refractivity contribution in [1.29, 1.82) is 0 Å². The van der Waals surface area contributed by atoms with Crippen LogP contribution in [0.25, 0.3) is 0 Å². The molecule has 0 aromatic carbocycles. The highest BCUT2D eigenvalue weighted by atomic mass is 15.2. The van der Waals surface area contributed by atoms with E-state index >= 15 is 0 Å². The summed E-state index contributed by atoms with van der Waals surface area (Å²) >= 11 is 0. The van der Waals surface area contributed by atoms with Crippen LogP contribution < -0.4 is 0 Å². The second-order valence-electron chi connectivity index (χ2n) is 5.19. The Hall–Kier alpha value is -0.0400. The van der Waals surface area contributed by atoms with Gasteiger partial charge in [-0.05, 0) is 59.0 Å². The molecule has 1 saturated heterocycles. The normalized spacial score (nSPS) is 28.5. The zero-order chi connectivity index (χ0) is 9.19. The fourth-order valence-corrected chi connectivity index (χ4v) is 1.93. The van der Waals surface area contributed by atoms with Crippen LogP contribution in [0.15, 0.2) is 0 Å². The van der Waals surface area contributed by atoms with E-state index in [0.29, 0.717) is 5.54 Å². The highest BCUT2D eigenvalue weighted by Gasteiger charge is 2.23. The summed E-state index contributed by atoms with van der Waals surface area (Å²) in [5.41, 5.74) is 0.379. The summed E-state index contributed by atoms with van der Waals surface area (Å²) in [5, 5.41) is 0. The summed E-state index contributed by atoms with van der Waals surface area (Å²) in [7, 11) is 0. The van der Waals surface area contributed by atoms with Gasteiger partial charge in [-0.15, -0.1) is 0 Å². The third kappa shape index (κ3) is 2.78.